The monoisotopic (exact) mass is 536 g/mol. The third kappa shape index (κ3) is 6.24. The zero-order valence-corrected chi connectivity index (χ0v) is 21.9. The number of non-ortho nitro benzene ring substituents is 1. The van der Waals surface area contributed by atoms with Gasteiger partial charge in [0.1, 0.15) is 17.2 Å². The molecular weight excluding hydrogens is 508 g/mol. The normalized spacial score (nSPS) is 10.8. The van der Waals surface area contributed by atoms with E-state index in [-0.39, 0.29) is 12.3 Å². The molecule has 202 valence electrons. The van der Waals surface area contributed by atoms with Crippen LogP contribution in [0.5, 0.6) is 0 Å². The van der Waals surface area contributed by atoms with E-state index in [1.54, 1.807) is 25.1 Å². The summed E-state index contributed by atoms with van der Waals surface area (Å²) in [7, 11) is 0. The van der Waals surface area contributed by atoms with Gasteiger partial charge in [0.2, 0.25) is 0 Å². The van der Waals surface area contributed by atoms with Crippen LogP contribution in [0.4, 0.5) is 22.1 Å². The van der Waals surface area contributed by atoms with Gasteiger partial charge in [-0.05, 0) is 36.6 Å². The number of anilines is 2. The van der Waals surface area contributed by atoms with Gasteiger partial charge < -0.3 is 14.6 Å². The van der Waals surface area contributed by atoms with E-state index < -0.39 is 11.0 Å². The molecule has 0 spiro atoms. The highest BCUT2D eigenvalue weighted by Crippen LogP contribution is 2.31. The molecule has 0 fully saturated rings. The van der Waals surface area contributed by atoms with E-state index in [9.17, 15) is 14.9 Å². The van der Waals surface area contributed by atoms with Gasteiger partial charge in [-0.3, -0.25) is 15.4 Å². The van der Waals surface area contributed by atoms with E-state index in [2.05, 4.69) is 39.5 Å². The second-order valence-corrected chi connectivity index (χ2v) is 9.10. The first kappa shape index (κ1) is 26.4. The summed E-state index contributed by atoms with van der Waals surface area (Å²) in [6.07, 6.45) is 0.167. The Balaban J connectivity index is 1.59. The second-order valence-electron chi connectivity index (χ2n) is 9.10. The van der Waals surface area contributed by atoms with E-state index in [4.69, 9.17) is 14.7 Å². The lowest BCUT2D eigenvalue weighted by molar-refractivity contribution is -0.384. The molecule has 1 amide bonds. The Bertz CT molecular complexity index is 1600. The van der Waals surface area contributed by atoms with Crippen molar-refractivity contribution in [3.05, 3.63) is 112 Å². The molecule has 40 heavy (non-hydrogen) atoms. The number of aromatic nitrogens is 3. The number of hydrogen-bond donors (Lipinski definition) is 2. The lowest BCUT2D eigenvalue weighted by Gasteiger charge is -2.25. The third-order valence-corrected chi connectivity index (χ3v) is 6.34. The fourth-order valence-corrected chi connectivity index (χ4v) is 4.40. The Kier molecular flexibility index (Phi) is 7.96. The zero-order chi connectivity index (χ0) is 27.9. The van der Waals surface area contributed by atoms with Crippen molar-refractivity contribution >= 4 is 34.4 Å². The van der Waals surface area contributed by atoms with Crippen LogP contribution < -0.4 is 10.2 Å². The topological polar surface area (TPSA) is 126 Å². The van der Waals surface area contributed by atoms with Gasteiger partial charge in [0, 0.05) is 36.9 Å². The van der Waals surface area contributed by atoms with Gasteiger partial charge in [0.05, 0.1) is 17.0 Å². The Morgan fingerprint density at radius 1 is 0.975 bits per heavy atom. The van der Waals surface area contributed by atoms with Crippen molar-refractivity contribution in [2.24, 2.45) is 0 Å². The number of nitro benzene ring substituents is 1. The van der Waals surface area contributed by atoms with E-state index in [0.717, 1.165) is 12.0 Å². The lowest BCUT2D eigenvalue weighted by atomic mass is 10.1. The number of nitrogens with one attached hydrogen (secondary N) is 2. The SMILES string of the molecule is CCOC(=O)Nc1cc2[nH]c(-c3ccc([N+](=O)[O-])cc3)nc2c(N(CCc2ccccc2)Cc2ccccc2)n1. The first-order valence-electron chi connectivity index (χ1n) is 12.9. The van der Waals surface area contributed by atoms with Crippen molar-refractivity contribution in [2.45, 2.75) is 19.9 Å². The van der Waals surface area contributed by atoms with Crippen LogP contribution in [-0.4, -0.2) is 39.1 Å². The molecule has 0 aliphatic rings. The number of carbonyl (C=O) groups excluding carboxylic acids is 1. The molecule has 0 saturated heterocycles. The third-order valence-electron chi connectivity index (χ3n) is 6.34. The highest BCUT2D eigenvalue weighted by atomic mass is 16.6. The number of benzene rings is 3. The number of rotatable bonds is 10. The Morgan fingerprint density at radius 2 is 1.65 bits per heavy atom. The zero-order valence-electron chi connectivity index (χ0n) is 21.9. The van der Waals surface area contributed by atoms with Gasteiger partial charge in [0.15, 0.2) is 5.82 Å². The maximum Gasteiger partial charge on any atom is 0.412 e. The Morgan fingerprint density at radius 3 is 2.30 bits per heavy atom. The number of aromatic amines is 1. The van der Waals surface area contributed by atoms with Crippen LogP contribution >= 0.6 is 0 Å². The van der Waals surface area contributed by atoms with E-state index in [1.165, 1.54) is 17.7 Å². The number of hydrogen-bond acceptors (Lipinski definition) is 7. The molecule has 0 aliphatic heterocycles. The number of ether oxygens (including phenoxy) is 1. The van der Waals surface area contributed by atoms with Gasteiger partial charge in [-0.15, -0.1) is 0 Å². The molecule has 0 bridgehead atoms. The number of H-pyrrole nitrogens is 1. The van der Waals surface area contributed by atoms with Crippen molar-refractivity contribution in [3.8, 4) is 11.4 Å². The average molecular weight is 537 g/mol. The number of fused-ring (bicyclic) bond motifs is 1. The molecule has 5 aromatic rings. The molecule has 0 aliphatic carbocycles. The number of pyridine rings is 1. The highest BCUT2D eigenvalue weighted by Gasteiger charge is 2.20. The lowest BCUT2D eigenvalue weighted by Crippen LogP contribution is -2.27. The number of nitrogens with zero attached hydrogens (tertiary/aromatic N) is 4. The minimum atomic E-state index is -0.602. The highest BCUT2D eigenvalue weighted by molar-refractivity contribution is 5.93. The predicted molar refractivity (Wildman–Crippen MR) is 154 cm³/mol. The molecule has 3 aromatic carbocycles. The van der Waals surface area contributed by atoms with Gasteiger partial charge >= 0.3 is 6.09 Å². The molecule has 0 unspecified atom stereocenters. The molecule has 5 rings (SSSR count). The molecule has 0 radical (unpaired) electrons. The van der Waals surface area contributed by atoms with E-state index >= 15 is 0 Å². The van der Waals surface area contributed by atoms with Gasteiger partial charge in [0.25, 0.3) is 5.69 Å². The van der Waals surface area contributed by atoms with Gasteiger partial charge in [-0.25, -0.2) is 14.8 Å². The minimum Gasteiger partial charge on any atom is -0.450 e. The number of amides is 1. The van der Waals surface area contributed by atoms with Crippen molar-refractivity contribution in [1.29, 1.82) is 0 Å². The summed E-state index contributed by atoms with van der Waals surface area (Å²) in [4.78, 5) is 38.1. The maximum absolute atomic E-state index is 12.3. The molecule has 0 atom stereocenters. The van der Waals surface area contributed by atoms with Crippen molar-refractivity contribution in [1.82, 2.24) is 15.0 Å². The molecule has 10 nitrogen and oxygen atoms in total. The molecule has 2 heterocycles. The molecule has 10 heteroatoms. The van der Waals surface area contributed by atoms with Crippen molar-refractivity contribution in [2.75, 3.05) is 23.4 Å². The number of imidazole rings is 1. The van der Waals surface area contributed by atoms with Crippen LogP contribution in [0.2, 0.25) is 0 Å². The Hall–Kier alpha value is -5.25. The number of nitro groups is 1. The van der Waals surface area contributed by atoms with Crippen LogP contribution in [0, 0.1) is 10.1 Å². The summed E-state index contributed by atoms with van der Waals surface area (Å²) < 4.78 is 5.08. The molecular formula is C30H28N6O4. The van der Waals surface area contributed by atoms with Crippen molar-refractivity contribution in [3.63, 3.8) is 0 Å². The van der Waals surface area contributed by atoms with Crippen molar-refractivity contribution < 1.29 is 14.5 Å². The van der Waals surface area contributed by atoms with Crippen LogP contribution in [0.1, 0.15) is 18.1 Å². The summed E-state index contributed by atoms with van der Waals surface area (Å²) in [5, 5.41) is 13.8. The van der Waals surface area contributed by atoms with Crippen LogP contribution in [0.3, 0.4) is 0 Å². The Labute approximate surface area is 230 Å². The smallest absolute Gasteiger partial charge is 0.412 e. The summed E-state index contributed by atoms with van der Waals surface area (Å²) in [5.41, 5.74) is 4.24. The quantitative estimate of drug-likeness (QED) is 0.157. The standard InChI is InChI=1S/C30H28N6O4/c1-2-40-30(37)33-26-19-25-27(34-28(31-25)23-13-15-24(16-14-23)36(38)39)29(32-26)35(20-22-11-7-4-8-12-22)18-17-21-9-5-3-6-10-21/h3-16,19H,2,17-18,20H2,1H3,(H,31,34)(H,32,33,37). The fourth-order valence-electron chi connectivity index (χ4n) is 4.40. The van der Waals surface area contributed by atoms with E-state index in [1.807, 2.05) is 36.4 Å². The van der Waals surface area contributed by atoms with Gasteiger partial charge in [-0.2, -0.15) is 0 Å². The second kappa shape index (κ2) is 12.1. The summed E-state index contributed by atoms with van der Waals surface area (Å²) in [5.74, 6) is 1.44. The average Bonchev–Trinajstić information content (AvgIpc) is 3.40. The minimum absolute atomic E-state index is 0.00177. The van der Waals surface area contributed by atoms with Crippen LogP contribution in [0.25, 0.3) is 22.4 Å². The largest absolute Gasteiger partial charge is 0.450 e. The molecule has 2 N–H and O–H groups in total. The number of carbonyl (C=O) groups is 1. The summed E-state index contributed by atoms with van der Waals surface area (Å²) >= 11 is 0. The summed E-state index contributed by atoms with van der Waals surface area (Å²) in [6, 6.07) is 28.2. The fraction of sp³-hybridized carbons (Fsp3) is 0.167. The predicted octanol–water partition coefficient (Wildman–Crippen LogP) is 6.35. The summed E-state index contributed by atoms with van der Waals surface area (Å²) in [6.45, 7) is 3.17. The maximum atomic E-state index is 12.3. The van der Waals surface area contributed by atoms with E-state index in [0.29, 0.717) is 47.1 Å². The molecule has 2 aromatic heterocycles. The first-order chi connectivity index (χ1) is 19.5. The molecule has 0 saturated carbocycles. The first-order valence-corrected chi connectivity index (χ1v) is 12.9. The van der Waals surface area contributed by atoms with Crippen LogP contribution in [-0.2, 0) is 17.7 Å². The van der Waals surface area contributed by atoms with Gasteiger partial charge in [-0.1, -0.05) is 60.7 Å². The van der Waals surface area contributed by atoms with Crippen LogP contribution in [0.15, 0.2) is 91.0 Å².